The van der Waals surface area contributed by atoms with Crippen LogP contribution in [0.25, 0.3) is 10.9 Å². The fourth-order valence-corrected chi connectivity index (χ4v) is 2.38. The third-order valence-corrected chi connectivity index (χ3v) is 3.79. The number of nitrogens with zero attached hydrogens (tertiary/aromatic N) is 1. The molecule has 0 radical (unpaired) electrons. The van der Waals surface area contributed by atoms with Crippen molar-refractivity contribution in [2.75, 3.05) is 18.5 Å². The minimum atomic E-state index is -0.582. The number of aliphatic hydroxyl groups is 1. The van der Waals surface area contributed by atoms with Crippen molar-refractivity contribution < 1.29 is 14.6 Å². The molecule has 118 valence electrons. The summed E-state index contributed by atoms with van der Waals surface area (Å²) in [5, 5.41) is 13.9. The predicted octanol–water partition coefficient (Wildman–Crippen LogP) is 3.51. The molecule has 2 aromatic rings. The van der Waals surface area contributed by atoms with Crippen LogP contribution in [0.5, 0.6) is 0 Å². The van der Waals surface area contributed by atoms with E-state index in [0.717, 1.165) is 0 Å². The van der Waals surface area contributed by atoms with Gasteiger partial charge in [-0.1, -0.05) is 23.2 Å². The molecule has 0 unspecified atom stereocenters. The smallest absolute Gasteiger partial charge is 0.341 e. The number of benzene rings is 1. The van der Waals surface area contributed by atoms with Gasteiger partial charge in [-0.25, -0.2) is 4.79 Å². The summed E-state index contributed by atoms with van der Waals surface area (Å²) in [6.07, 6.45) is 0.813. The van der Waals surface area contributed by atoms with E-state index in [2.05, 4.69) is 10.3 Å². The molecular weight excluding hydrogens is 327 g/mol. The molecule has 1 aromatic heterocycles. The summed E-state index contributed by atoms with van der Waals surface area (Å²) in [5.41, 5.74) is 1.28. The molecule has 1 heterocycles. The summed E-state index contributed by atoms with van der Waals surface area (Å²) in [6.45, 7) is 3.90. The first-order valence-corrected chi connectivity index (χ1v) is 7.57. The first-order valence-electron chi connectivity index (χ1n) is 6.81. The Bertz CT molecular complexity index is 705. The highest BCUT2D eigenvalue weighted by atomic mass is 35.5. The number of carbonyl (C=O) groups is 1. The molecule has 1 atom stereocenters. The van der Waals surface area contributed by atoms with E-state index in [-0.39, 0.29) is 18.7 Å². The van der Waals surface area contributed by atoms with Crippen molar-refractivity contribution in [3.8, 4) is 0 Å². The van der Waals surface area contributed by atoms with Crippen molar-refractivity contribution in [3.05, 3.63) is 33.9 Å². The molecule has 0 aliphatic heterocycles. The number of halogens is 2. The van der Waals surface area contributed by atoms with Gasteiger partial charge in [-0.2, -0.15) is 0 Å². The van der Waals surface area contributed by atoms with Crippen molar-refractivity contribution in [3.63, 3.8) is 0 Å². The van der Waals surface area contributed by atoms with Crippen molar-refractivity contribution >= 4 is 45.8 Å². The van der Waals surface area contributed by atoms with Crippen molar-refractivity contribution in [1.29, 1.82) is 0 Å². The van der Waals surface area contributed by atoms with Gasteiger partial charge >= 0.3 is 5.97 Å². The predicted molar refractivity (Wildman–Crippen MR) is 87.9 cm³/mol. The number of rotatable bonds is 5. The minimum absolute atomic E-state index is 0.258. The largest absolute Gasteiger partial charge is 0.462 e. The van der Waals surface area contributed by atoms with E-state index in [1.54, 1.807) is 26.0 Å². The molecule has 0 aliphatic rings. The van der Waals surface area contributed by atoms with Crippen LogP contribution in [-0.4, -0.2) is 35.3 Å². The zero-order valence-electron chi connectivity index (χ0n) is 12.2. The monoisotopic (exact) mass is 342 g/mol. The molecule has 2 N–H and O–H groups in total. The second-order valence-corrected chi connectivity index (χ2v) is 5.54. The Kier molecular flexibility index (Phi) is 5.45. The molecule has 0 bridgehead atoms. The zero-order chi connectivity index (χ0) is 16.3. The maximum atomic E-state index is 12.1. The lowest BCUT2D eigenvalue weighted by molar-refractivity contribution is 0.0527. The van der Waals surface area contributed by atoms with Gasteiger partial charge in [0.05, 0.1) is 34.0 Å². The van der Waals surface area contributed by atoms with E-state index in [1.807, 2.05) is 0 Å². The SMILES string of the molecule is CCOC(=O)c1cnc2c(Cl)c(Cl)ccc2c1NC[C@@H](C)O. The third kappa shape index (κ3) is 3.43. The molecule has 0 saturated carbocycles. The standard InChI is InChI=1S/C15H16Cl2N2O3/c1-3-22-15(21)10-7-19-14-9(4-5-11(16)12(14)17)13(10)18-6-8(2)20/h4-5,7-8,20H,3,6H2,1-2H3,(H,18,19)/t8-/m1/s1. The molecule has 0 spiro atoms. The molecule has 0 aliphatic carbocycles. The lowest BCUT2D eigenvalue weighted by Gasteiger charge is -2.15. The molecule has 0 saturated heterocycles. The summed E-state index contributed by atoms with van der Waals surface area (Å²) >= 11 is 12.2. The molecule has 0 fully saturated rings. The van der Waals surface area contributed by atoms with Crippen LogP contribution in [0.2, 0.25) is 10.0 Å². The maximum absolute atomic E-state index is 12.1. The number of fused-ring (bicyclic) bond motifs is 1. The number of ether oxygens (including phenoxy) is 1. The third-order valence-electron chi connectivity index (χ3n) is 3.00. The van der Waals surface area contributed by atoms with E-state index < -0.39 is 12.1 Å². The molecule has 1 aromatic carbocycles. The van der Waals surface area contributed by atoms with Crippen LogP contribution in [0.1, 0.15) is 24.2 Å². The van der Waals surface area contributed by atoms with Crippen LogP contribution in [0.15, 0.2) is 18.3 Å². The molecule has 2 rings (SSSR count). The van der Waals surface area contributed by atoms with Crippen LogP contribution in [-0.2, 0) is 4.74 Å². The van der Waals surface area contributed by atoms with Crippen LogP contribution in [0.4, 0.5) is 5.69 Å². The number of esters is 1. The van der Waals surface area contributed by atoms with Gasteiger partial charge in [-0.05, 0) is 26.0 Å². The topological polar surface area (TPSA) is 71.5 Å². The molecule has 0 amide bonds. The number of pyridine rings is 1. The number of hydrogen-bond acceptors (Lipinski definition) is 5. The lowest BCUT2D eigenvalue weighted by Crippen LogP contribution is -2.18. The average Bonchev–Trinajstić information content (AvgIpc) is 2.48. The summed E-state index contributed by atoms with van der Waals surface area (Å²) in [7, 11) is 0. The number of anilines is 1. The molecule has 5 nitrogen and oxygen atoms in total. The highest BCUT2D eigenvalue weighted by molar-refractivity contribution is 6.45. The zero-order valence-corrected chi connectivity index (χ0v) is 13.7. The van der Waals surface area contributed by atoms with E-state index >= 15 is 0 Å². The highest BCUT2D eigenvalue weighted by Crippen LogP contribution is 2.34. The fraction of sp³-hybridized carbons (Fsp3) is 0.333. The van der Waals surface area contributed by atoms with Crippen molar-refractivity contribution in [1.82, 2.24) is 4.98 Å². The van der Waals surface area contributed by atoms with E-state index in [9.17, 15) is 9.90 Å². The van der Waals surface area contributed by atoms with Gasteiger partial charge in [0.1, 0.15) is 5.56 Å². The maximum Gasteiger partial charge on any atom is 0.341 e. The Hall–Kier alpha value is -1.56. The molecule has 7 heteroatoms. The van der Waals surface area contributed by atoms with Crippen molar-refractivity contribution in [2.45, 2.75) is 20.0 Å². The molecular formula is C15H16Cl2N2O3. The first-order chi connectivity index (χ1) is 10.5. The van der Waals surface area contributed by atoms with Gasteiger partial charge in [-0.15, -0.1) is 0 Å². The van der Waals surface area contributed by atoms with Crippen LogP contribution in [0, 0.1) is 0 Å². The van der Waals surface area contributed by atoms with Crippen molar-refractivity contribution in [2.24, 2.45) is 0 Å². The second-order valence-electron chi connectivity index (χ2n) is 4.75. The molecule has 22 heavy (non-hydrogen) atoms. The van der Waals surface area contributed by atoms with E-state index in [0.29, 0.717) is 26.6 Å². The Morgan fingerprint density at radius 1 is 1.45 bits per heavy atom. The van der Waals surface area contributed by atoms with Gasteiger partial charge < -0.3 is 15.2 Å². The van der Waals surface area contributed by atoms with Gasteiger partial charge in [0.15, 0.2) is 0 Å². The Labute approximate surface area is 138 Å². The summed E-state index contributed by atoms with van der Waals surface area (Å²) in [5.74, 6) is -0.490. The summed E-state index contributed by atoms with van der Waals surface area (Å²) in [6, 6.07) is 3.36. The van der Waals surface area contributed by atoms with Crippen LogP contribution < -0.4 is 5.32 Å². The Morgan fingerprint density at radius 2 is 2.18 bits per heavy atom. The van der Waals surface area contributed by atoms with Gasteiger partial charge in [0, 0.05) is 18.1 Å². The highest BCUT2D eigenvalue weighted by Gasteiger charge is 2.18. The number of hydrogen-bond donors (Lipinski definition) is 2. The summed E-state index contributed by atoms with van der Waals surface area (Å²) < 4.78 is 5.04. The second kappa shape index (κ2) is 7.13. The van der Waals surface area contributed by atoms with Crippen LogP contribution in [0.3, 0.4) is 0 Å². The Morgan fingerprint density at radius 3 is 2.82 bits per heavy atom. The quantitative estimate of drug-likeness (QED) is 0.813. The lowest BCUT2D eigenvalue weighted by atomic mass is 10.1. The average molecular weight is 343 g/mol. The number of nitrogens with one attached hydrogen (secondary N) is 1. The van der Waals surface area contributed by atoms with Crippen LogP contribution >= 0.6 is 23.2 Å². The van der Waals surface area contributed by atoms with E-state index in [1.165, 1.54) is 6.20 Å². The van der Waals surface area contributed by atoms with E-state index in [4.69, 9.17) is 27.9 Å². The van der Waals surface area contributed by atoms with Gasteiger partial charge in [0.25, 0.3) is 0 Å². The number of aliphatic hydroxyl groups excluding tert-OH is 1. The summed E-state index contributed by atoms with van der Waals surface area (Å²) in [4.78, 5) is 16.3. The van der Waals surface area contributed by atoms with Gasteiger partial charge in [0.2, 0.25) is 0 Å². The normalized spacial score (nSPS) is 12.2. The first kappa shape index (κ1) is 16.8. The number of carbonyl (C=O) groups excluding carboxylic acids is 1. The minimum Gasteiger partial charge on any atom is -0.462 e. The van der Waals surface area contributed by atoms with Gasteiger partial charge in [-0.3, -0.25) is 4.98 Å². The number of aromatic nitrogens is 1. The Balaban J connectivity index is 2.61. The fourth-order valence-electron chi connectivity index (χ4n) is 2.01.